The van der Waals surface area contributed by atoms with Crippen LogP contribution in [-0.4, -0.2) is 34.4 Å². The van der Waals surface area contributed by atoms with Crippen LogP contribution in [0.25, 0.3) is 0 Å². The van der Waals surface area contributed by atoms with Crippen molar-refractivity contribution in [3.05, 3.63) is 0 Å². The van der Waals surface area contributed by atoms with Crippen LogP contribution in [0.2, 0.25) is 0 Å². The summed E-state index contributed by atoms with van der Waals surface area (Å²) in [4.78, 5) is 9.88. The first kappa shape index (κ1) is 20.1. The Balaban J connectivity index is -0.000000208. The van der Waals surface area contributed by atoms with E-state index < -0.39 is 5.97 Å². The van der Waals surface area contributed by atoms with Crippen LogP contribution in [0.15, 0.2) is 0 Å². The molecule has 0 heterocycles. The summed E-state index contributed by atoms with van der Waals surface area (Å²) in [5.74, 6) is -0.876. The quantitative estimate of drug-likeness (QED) is 0.568. The maximum Gasteiger partial charge on any atom is 0.303 e. The molecule has 5 nitrogen and oxygen atoms in total. The van der Waals surface area contributed by atoms with Crippen molar-refractivity contribution < 1.29 is 15.0 Å². The van der Waals surface area contributed by atoms with Gasteiger partial charge in [-0.25, -0.2) is 0 Å². The van der Waals surface area contributed by atoms with E-state index in [9.17, 15) is 4.79 Å². The molecule has 0 unspecified atom stereocenters. The third-order valence-electron chi connectivity index (χ3n) is 0.964. The molecular weight excluding hydrogens is 220 g/mol. The van der Waals surface area contributed by atoms with Crippen LogP contribution in [0.1, 0.15) is 33.6 Å². The number of rotatable bonds is 4. The Bertz CT molecular complexity index is 154. The number of hydrogen-bond donors (Lipinski definition) is 4. The first-order valence-electron chi connectivity index (χ1n) is 4.54. The van der Waals surface area contributed by atoms with E-state index in [4.69, 9.17) is 21.7 Å². The van der Waals surface area contributed by atoms with Gasteiger partial charge < -0.3 is 21.7 Å². The van der Waals surface area contributed by atoms with E-state index in [1.807, 2.05) is 20.8 Å². The predicted molar refractivity (Wildman–Crippen MR) is 63.1 cm³/mol. The number of halogens is 1. The highest BCUT2D eigenvalue weighted by molar-refractivity contribution is 5.85. The molecule has 0 aromatic carbocycles. The largest absolute Gasteiger partial charge is 0.481 e. The Morgan fingerprint density at radius 2 is 1.73 bits per heavy atom. The van der Waals surface area contributed by atoms with Crippen LogP contribution >= 0.6 is 12.4 Å². The van der Waals surface area contributed by atoms with Gasteiger partial charge in [-0.1, -0.05) is 0 Å². The van der Waals surface area contributed by atoms with E-state index >= 15 is 0 Å². The molecule has 0 fully saturated rings. The summed E-state index contributed by atoms with van der Waals surface area (Å²) < 4.78 is 0. The van der Waals surface area contributed by atoms with Gasteiger partial charge in [0.05, 0.1) is 6.61 Å². The number of nitrogens with two attached hydrogens (primary N) is 2. The lowest BCUT2D eigenvalue weighted by Gasteiger charge is -2.06. The van der Waals surface area contributed by atoms with Crippen molar-refractivity contribution in [1.82, 2.24) is 0 Å². The highest BCUT2D eigenvalue weighted by Crippen LogP contribution is 1.92. The summed E-state index contributed by atoms with van der Waals surface area (Å²) in [6, 6.07) is -0.388. The van der Waals surface area contributed by atoms with Gasteiger partial charge in [0.2, 0.25) is 0 Å². The average molecular weight is 243 g/mol. The van der Waals surface area contributed by atoms with Crippen LogP contribution in [0.5, 0.6) is 0 Å². The van der Waals surface area contributed by atoms with Crippen molar-refractivity contribution >= 4 is 18.4 Å². The molecule has 15 heavy (non-hydrogen) atoms. The van der Waals surface area contributed by atoms with E-state index in [0.717, 1.165) is 0 Å². The van der Waals surface area contributed by atoms with Gasteiger partial charge in [0.25, 0.3) is 0 Å². The van der Waals surface area contributed by atoms with Crippen molar-refractivity contribution in [2.24, 2.45) is 11.5 Å². The van der Waals surface area contributed by atoms with Crippen LogP contribution in [0, 0.1) is 0 Å². The average Bonchev–Trinajstić information content (AvgIpc) is 1.96. The molecule has 94 valence electrons. The Hall–Kier alpha value is -0.360. The number of aliphatic hydroxyl groups excluding tert-OH is 1. The monoisotopic (exact) mass is 242 g/mol. The highest BCUT2D eigenvalue weighted by atomic mass is 35.5. The van der Waals surface area contributed by atoms with Crippen LogP contribution < -0.4 is 11.5 Å². The second-order valence-electron chi connectivity index (χ2n) is 4.24. The zero-order chi connectivity index (χ0) is 11.8. The van der Waals surface area contributed by atoms with Crippen molar-refractivity contribution in [3.8, 4) is 0 Å². The van der Waals surface area contributed by atoms with Crippen molar-refractivity contribution in [3.63, 3.8) is 0 Å². The lowest BCUT2D eigenvalue weighted by Crippen LogP contribution is -2.26. The van der Waals surface area contributed by atoms with Gasteiger partial charge in [-0.05, 0) is 27.2 Å². The summed E-state index contributed by atoms with van der Waals surface area (Å²) in [6.45, 7) is 5.75. The first-order chi connectivity index (χ1) is 6.16. The van der Waals surface area contributed by atoms with Crippen LogP contribution in [-0.2, 0) is 4.79 Å². The van der Waals surface area contributed by atoms with Gasteiger partial charge in [-0.3, -0.25) is 4.79 Å². The second kappa shape index (κ2) is 10.2. The Labute approximate surface area is 97.2 Å². The molecule has 0 spiro atoms. The number of carbonyl (C=O) groups is 1. The minimum absolute atomic E-state index is 0. The van der Waals surface area contributed by atoms with Crippen LogP contribution in [0.3, 0.4) is 0 Å². The van der Waals surface area contributed by atoms with Crippen LogP contribution in [0.4, 0.5) is 0 Å². The molecule has 6 heteroatoms. The van der Waals surface area contributed by atoms with E-state index in [2.05, 4.69) is 0 Å². The summed E-state index contributed by atoms with van der Waals surface area (Å²) in [5.41, 5.74) is 10.6. The highest BCUT2D eigenvalue weighted by Gasteiger charge is 2.02. The topological polar surface area (TPSA) is 110 Å². The third kappa shape index (κ3) is 41.9. The smallest absolute Gasteiger partial charge is 0.303 e. The standard InChI is InChI=1S/C5H11NO3.C4H11N.ClH/c6-4(3-7)1-2-5(8)9;1-4(2,3)5;/h4,7H,1-3,6H2,(H,8,9);5H2,1-3H3;1H/t4-;;/m0../s1. The van der Waals surface area contributed by atoms with E-state index in [0.29, 0.717) is 6.42 Å². The molecular formula is C9H23ClN2O3. The molecule has 0 bridgehead atoms. The van der Waals surface area contributed by atoms with Gasteiger partial charge in [0.1, 0.15) is 0 Å². The minimum atomic E-state index is -0.876. The number of aliphatic hydroxyl groups is 1. The van der Waals surface area contributed by atoms with Crippen molar-refractivity contribution in [1.29, 1.82) is 0 Å². The van der Waals surface area contributed by atoms with Gasteiger partial charge in [0, 0.05) is 18.0 Å². The van der Waals surface area contributed by atoms with Gasteiger partial charge in [-0.15, -0.1) is 12.4 Å². The molecule has 0 aliphatic rings. The molecule has 0 aromatic rings. The molecule has 0 aliphatic heterocycles. The van der Waals surface area contributed by atoms with E-state index in [1.54, 1.807) is 0 Å². The van der Waals surface area contributed by atoms with E-state index in [1.165, 1.54) is 0 Å². The fraction of sp³-hybridized carbons (Fsp3) is 0.889. The van der Waals surface area contributed by atoms with Crippen molar-refractivity contribution in [2.75, 3.05) is 6.61 Å². The van der Waals surface area contributed by atoms with Gasteiger partial charge in [-0.2, -0.15) is 0 Å². The number of hydrogen-bond acceptors (Lipinski definition) is 4. The zero-order valence-corrected chi connectivity index (χ0v) is 10.4. The molecule has 0 rings (SSSR count). The predicted octanol–water partition coefficient (Wildman–Crippen LogP) is 0.336. The lowest BCUT2D eigenvalue weighted by molar-refractivity contribution is -0.137. The van der Waals surface area contributed by atoms with E-state index in [-0.39, 0.29) is 37.0 Å². The maximum atomic E-state index is 9.88. The first-order valence-corrected chi connectivity index (χ1v) is 4.54. The fourth-order valence-corrected chi connectivity index (χ4v) is 0.400. The Kier molecular flexibility index (Phi) is 13.6. The molecule has 1 atom stereocenters. The Morgan fingerprint density at radius 3 is 1.93 bits per heavy atom. The lowest BCUT2D eigenvalue weighted by atomic mass is 10.1. The summed E-state index contributed by atoms with van der Waals surface area (Å²) >= 11 is 0. The molecule has 0 radical (unpaired) electrons. The number of aliphatic carboxylic acids is 1. The second-order valence-corrected chi connectivity index (χ2v) is 4.24. The molecule has 0 aromatic heterocycles. The van der Waals surface area contributed by atoms with Gasteiger partial charge in [0.15, 0.2) is 0 Å². The molecule has 0 saturated heterocycles. The molecule has 0 amide bonds. The summed E-state index contributed by atoms with van der Waals surface area (Å²) in [7, 11) is 0. The molecule has 6 N–H and O–H groups in total. The fourth-order valence-electron chi connectivity index (χ4n) is 0.400. The maximum absolute atomic E-state index is 9.88. The minimum Gasteiger partial charge on any atom is -0.481 e. The Morgan fingerprint density at radius 1 is 1.40 bits per heavy atom. The van der Waals surface area contributed by atoms with Gasteiger partial charge >= 0.3 is 5.97 Å². The van der Waals surface area contributed by atoms with Crippen molar-refractivity contribution in [2.45, 2.75) is 45.2 Å². The molecule has 0 aliphatic carbocycles. The third-order valence-corrected chi connectivity index (χ3v) is 0.964. The normalized spacial score (nSPS) is 11.9. The summed E-state index contributed by atoms with van der Waals surface area (Å²) in [5, 5.41) is 16.5. The summed E-state index contributed by atoms with van der Waals surface area (Å²) in [6.07, 6.45) is 0.369. The number of carboxylic acids is 1. The molecule has 0 saturated carbocycles. The zero-order valence-electron chi connectivity index (χ0n) is 9.56. The SMILES string of the molecule is CC(C)(C)N.Cl.N[C@H](CO)CCC(=O)O. The number of carboxylic acid groups (broad SMARTS) is 1.